The van der Waals surface area contributed by atoms with Crippen LogP contribution in [0, 0.1) is 5.92 Å². The zero-order valence-corrected chi connectivity index (χ0v) is 8.28. The number of esters is 1. The molecule has 0 aromatic rings. The predicted molar refractivity (Wildman–Crippen MR) is 50.6 cm³/mol. The van der Waals surface area contributed by atoms with Crippen molar-refractivity contribution in [3.63, 3.8) is 0 Å². The van der Waals surface area contributed by atoms with Crippen molar-refractivity contribution in [1.29, 1.82) is 0 Å². The van der Waals surface area contributed by atoms with Crippen LogP contribution >= 0.6 is 0 Å². The first kappa shape index (κ1) is 9.93. The van der Waals surface area contributed by atoms with Crippen molar-refractivity contribution in [3.05, 3.63) is 0 Å². The van der Waals surface area contributed by atoms with Crippen LogP contribution < -0.4 is 5.73 Å². The second-order valence-electron chi connectivity index (χ2n) is 4.11. The summed E-state index contributed by atoms with van der Waals surface area (Å²) in [4.78, 5) is 11.5. The molecule has 1 atom stereocenters. The number of ether oxygens (including phenoxy) is 2. The molecule has 1 unspecified atom stereocenters. The lowest BCUT2D eigenvalue weighted by molar-refractivity contribution is -0.155. The lowest BCUT2D eigenvalue weighted by atomic mass is 10.1. The lowest BCUT2D eigenvalue weighted by Gasteiger charge is -2.23. The minimum atomic E-state index is -0.391. The minimum absolute atomic E-state index is 0.0287. The minimum Gasteiger partial charge on any atom is -0.461 e. The van der Waals surface area contributed by atoms with E-state index in [0.717, 1.165) is 25.7 Å². The normalized spacial score (nSPS) is 25.8. The first-order valence-corrected chi connectivity index (χ1v) is 5.31. The molecule has 4 heteroatoms. The van der Waals surface area contributed by atoms with Gasteiger partial charge >= 0.3 is 5.97 Å². The molecule has 1 saturated carbocycles. The Bertz CT molecular complexity index is 209. The Labute approximate surface area is 83.7 Å². The van der Waals surface area contributed by atoms with E-state index in [9.17, 15) is 4.79 Å². The Morgan fingerprint density at radius 2 is 1.93 bits per heavy atom. The Kier molecular flexibility index (Phi) is 3.03. The van der Waals surface area contributed by atoms with Crippen LogP contribution in [0.3, 0.4) is 0 Å². The highest BCUT2D eigenvalue weighted by atomic mass is 16.6. The van der Waals surface area contributed by atoms with Gasteiger partial charge in [-0.25, -0.2) is 0 Å². The molecule has 1 aliphatic heterocycles. The maximum Gasteiger partial charge on any atom is 0.323 e. The molecule has 1 aliphatic carbocycles. The van der Waals surface area contributed by atoms with Crippen LogP contribution in [0.2, 0.25) is 0 Å². The maximum absolute atomic E-state index is 11.5. The molecule has 0 aromatic heterocycles. The molecule has 80 valence electrons. The summed E-state index contributed by atoms with van der Waals surface area (Å²) in [7, 11) is 0. The SMILES string of the molecule is NC(C(=O)OC1CCOCC1)C1CC1. The van der Waals surface area contributed by atoms with Crippen molar-refractivity contribution in [2.75, 3.05) is 13.2 Å². The molecule has 0 bridgehead atoms. The van der Waals surface area contributed by atoms with Crippen molar-refractivity contribution in [2.45, 2.75) is 37.8 Å². The number of carbonyl (C=O) groups is 1. The smallest absolute Gasteiger partial charge is 0.323 e. The molecule has 2 fully saturated rings. The average Bonchev–Trinajstić information content (AvgIpc) is 3.01. The molecule has 4 nitrogen and oxygen atoms in total. The summed E-state index contributed by atoms with van der Waals surface area (Å²) in [5.41, 5.74) is 5.73. The number of hydrogen-bond acceptors (Lipinski definition) is 4. The average molecular weight is 199 g/mol. The summed E-state index contributed by atoms with van der Waals surface area (Å²) in [5.74, 6) is 0.154. The van der Waals surface area contributed by atoms with E-state index in [0.29, 0.717) is 19.1 Å². The Morgan fingerprint density at radius 1 is 1.29 bits per heavy atom. The number of hydrogen-bond donors (Lipinski definition) is 1. The maximum atomic E-state index is 11.5. The van der Waals surface area contributed by atoms with Gasteiger partial charge in [0.2, 0.25) is 0 Å². The largest absolute Gasteiger partial charge is 0.461 e. The van der Waals surface area contributed by atoms with Crippen LogP contribution in [0.4, 0.5) is 0 Å². The van der Waals surface area contributed by atoms with E-state index >= 15 is 0 Å². The summed E-state index contributed by atoms with van der Waals surface area (Å²) in [6, 6.07) is -0.391. The lowest BCUT2D eigenvalue weighted by Crippen LogP contribution is -2.38. The monoisotopic (exact) mass is 199 g/mol. The van der Waals surface area contributed by atoms with E-state index in [2.05, 4.69) is 0 Å². The van der Waals surface area contributed by atoms with Crippen molar-refractivity contribution in [1.82, 2.24) is 0 Å². The van der Waals surface area contributed by atoms with Crippen LogP contribution in [0.25, 0.3) is 0 Å². The fourth-order valence-electron chi connectivity index (χ4n) is 1.68. The second-order valence-corrected chi connectivity index (χ2v) is 4.11. The highest BCUT2D eigenvalue weighted by molar-refractivity contribution is 5.76. The van der Waals surface area contributed by atoms with Crippen molar-refractivity contribution in [2.24, 2.45) is 11.7 Å². The van der Waals surface area contributed by atoms with Crippen LogP contribution in [0.15, 0.2) is 0 Å². The van der Waals surface area contributed by atoms with Gasteiger partial charge in [-0.3, -0.25) is 4.79 Å². The third-order valence-electron chi connectivity index (χ3n) is 2.85. The Balaban J connectivity index is 1.74. The first-order chi connectivity index (χ1) is 6.77. The second kappa shape index (κ2) is 4.28. The van der Waals surface area contributed by atoms with Gasteiger partial charge in [0.1, 0.15) is 12.1 Å². The van der Waals surface area contributed by atoms with E-state index in [1.807, 2.05) is 0 Å². The van der Waals surface area contributed by atoms with Crippen molar-refractivity contribution < 1.29 is 14.3 Å². The topological polar surface area (TPSA) is 61.6 Å². The number of nitrogens with two attached hydrogens (primary N) is 1. The van der Waals surface area contributed by atoms with Gasteiger partial charge < -0.3 is 15.2 Å². The zero-order valence-electron chi connectivity index (χ0n) is 8.28. The van der Waals surface area contributed by atoms with Gasteiger partial charge in [-0.15, -0.1) is 0 Å². The van der Waals surface area contributed by atoms with Crippen molar-refractivity contribution in [3.8, 4) is 0 Å². The molecule has 14 heavy (non-hydrogen) atoms. The summed E-state index contributed by atoms with van der Waals surface area (Å²) < 4.78 is 10.5. The van der Waals surface area contributed by atoms with Gasteiger partial charge in [0.15, 0.2) is 0 Å². The summed E-state index contributed by atoms with van der Waals surface area (Å²) in [5, 5.41) is 0. The molecule has 2 aliphatic rings. The van der Waals surface area contributed by atoms with Gasteiger partial charge in [-0.1, -0.05) is 0 Å². The summed E-state index contributed by atoms with van der Waals surface area (Å²) >= 11 is 0. The molecule has 1 saturated heterocycles. The Morgan fingerprint density at radius 3 is 2.50 bits per heavy atom. The zero-order chi connectivity index (χ0) is 9.97. The number of rotatable bonds is 3. The summed E-state index contributed by atoms with van der Waals surface area (Å²) in [6.07, 6.45) is 3.79. The molecule has 0 spiro atoms. The van der Waals surface area contributed by atoms with Crippen LogP contribution in [-0.2, 0) is 14.3 Å². The van der Waals surface area contributed by atoms with Gasteiger partial charge in [-0.2, -0.15) is 0 Å². The van der Waals surface area contributed by atoms with E-state index in [4.69, 9.17) is 15.2 Å². The molecular weight excluding hydrogens is 182 g/mol. The van der Waals surface area contributed by atoms with Gasteiger partial charge in [0.25, 0.3) is 0 Å². The molecule has 0 aromatic carbocycles. The van der Waals surface area contributed by atoms with Gasteiger partial charge in [0, 0.05) is 12.8 Å². The molecular formula is C10H17NO3. The molecule has 2 rings (SSSR count). The van der Waals surface area contributed by atoms with E-state index < -0.39 is 6.04 Å². The summed E-state index contributed by atoms with van der Waals surface area (Å²) in [6.45, 7) is 1.38. The predicted octanol–water partition coefficient (Wildman–Crippen LogP) is 0.446. The quantitative estimate of drug-likeness (QED) is 0.670. The highest BCUT2D eigenvalue weighted by Gasteiger charge is 2.35. The van der Waals surface area contributed by atoms with Gasteiger partial charge in [-0.05, 0) is 18.8 Å². The fourth-order valence-corrected chi connectivity index (χ4v) is 1.68. The van der Waals surface area contributed by atoms with Crippen LogP contribution in [0.1, 0.15) is 25.7 Å². The van der Waals surface area contributed by atoms with E-state index in [1.54, 1.807) is 0 Å². The first-order valence-electron chi connectivity index (χ1n) is 5.31. The van der Waals surface area contributed by atoms with Crippen LogP contribution in [0.5, 0.6) is 0 Å². The standard InChI is InChI=1S/C10H17NO3/c11-9(7-1-2-7)10(12)14-8-3-5-13-6-4-8/h7-9H,1-6,11H2. The van der Waals surface area contributed by atoms with Crippen molar-refractivity contribution >= 4 is 5.97 Å². The molecule has 0 radical (unpaired) electrons. The fraction of sp³-hybridized carbons (Fsp3) is 0.900. The van der Waals surface area contributed by atoms with Crippen LogP contribution in [-0.4, -0.2) is 31.3 Å². The van der Waals surface area contributed by atoms with Gasteiger partial charge in [0.05, 0.1) is 13.2 Å². The Hall–Kier alpha value is -0.610. The molecule has 1 heterocycles. The molecule has 2 N–H and O–H groups in total. The highest BCUT2D eigenvalue weighted by Crippen LogP contribution is 2.32. The third-order valence-corrected chi connectivity index (χ3v) is 2.85. The molecule has 0 amide bonds. The van der Waals surface area contributed by atoms with E-state index in [-0.39, 0.29) is 12.1 Å². The third kappa shape index (κ3) is 2.45. The van der Waals surface area contributed by atoms with E-state index in [1.165, 1.54) is 0 Å². The number of carbonyl (C=O) groups excluding carboxylic acids is 1.